The number of carbonyl (C=O) groups is 2. The zero-order chi connectivity index (χ0) is 18.1. The van der Waals surface area contributed by atoms with Crippen molar-refractivity contribution in [2.75, 3.05) is 5.88 Å². The minimum atomic E-state index is -5.02. The van der Waals surface area contributed by atoms with Crippen molar-refractivity contribution in [2.45, 2.75) is 37.6 Å². The molecule has 0 spiro atoms. The molecule has 1 rings (SSSR count). The van der Waals surface area contributed by atoms with Gasteiger partial charge < -0.3 is 4.74 Å². The van der Waals surface area contributed by atoms with Gasteiger partial charge in [0.25, 0.3) is 0 Å². The molecule has 1 amide bonds. The molecule has 0 saturated heterocycles. The Balaban J connectivity index is 0.000000515. The van der Waals surface area contributed by atoms with Crippen LogP contribution in [0.4, 0.5) is 0 Å². The van der Waals surface area contributed by atoms with E-state index in [9.17, 15) is 17.4 Å². The third-order valence-corrected chi connectivity index (χ3v) is 6.59. The summed E-state index contributed by atoms with van der Waals surface area (Å²) in [5.74, 6) is -0.389. The smallest absolute Gasteiger partial charge is 0.302 e. The van der Waals surface area contributed by atoms with Gasteiger partial charge in [-0.05, 0) is 6.92 Å². The van der Waals surface area contributed by atoms with Crippen LogP contribution in [-0.4, -0.2) is 51.7 Å². The standard InChI is InChI=1S/C8H12AsNO5.C5H9ClO2/c1-7(11)10-8(9(12,13)15-14)5-3-2-4-6-8;1-4(3-6)8-5(2)7/h2-5,14H,6H2,1H3,(H,10,11)(H,12,13);4H,3H2,1-2H3/t8-;/m0./s1. The first-order valence-electron chi connectivity index (χ1n) is 6.62. The molecule has 0 aromatic heterocycles. The van der Waals surface area contributed by atoms with Gasteiger partial charge in [0.1, 0.15) is 6.10 Å². The van der Waals surface area contributed by atoms with Gasteiger partial charge in [0.05, 0.1) is 5.88 Å². The van der Waals surface area contributed by atoms with E-state index in [2.05, 4.69) is 13.9 Å². The largest absolute Gasteiger partial charge is 0.462 e. The molecule has 132 valence electrons. The Morgan fingerprint density at radius 2 is 2.04 bits per heavy atom. The van der Waals surface area contributed by atoms with Crippen LogP contribution in [0.1, 0.15) is 27.2 Å². The maximum atomic E-state index is 11.6. The molecular weight excluding hydrogens is 393 g/mol. The summed E-state index contributed by atoms with van der Waals surface area (Å²) in [7, 11) is 0. The molecule has 23 heavy (non-hydrogen) atoms. The second-order valence-corrected chi connectivity index (χ2v) is 9.28. The SMILES string of the molecule is CC(=O)N[C@@]1([As](=O)(O)OO)C=CC=CC1.CC(=O)OC(C)CCl. The van der Waals surface area contributed by atoms with Crippen LogP contribution in [0, 0.1) is 0 Å². The molecule has 0 radical (unpaired) electrons. The van der Waals surface area contributed by atoms with Crippen molar-refractivity contribution >= 4 is 37.7 Å². The number of esters is 1. The molecule has 0 aliphatic heterocycles. The molecule has 0 bridgehead atoms. The fourth-order valence-corrected chi connectivity index (χ4v) is 3.95. The van der Waals surface area contributed by atoms with Crippen molar-refractivity contribution in [3.63, 3.8) is 0 Å². The van der Waals surface area contributed by atoms with Gasteiger partial charge in [-0.1, -0.05) is 0 Å². The quantitative estimate of drug-likeness (QED) is 0.202. The Bertz CT molecular complexity index is 522. The molecule has 0 saturated carbocycles. The molecule has 3 atom stereocenters. The van der Waals surface area contributed by atoms with Crippen molar-refractivity contribution in [2.24, 2.45) is 0 Å². The molecule has 3 N–H and O–H groups in total. The number of halogens is 1. The van der Waals surface area contributed by atoms with E-state index in [-0.39, 0.29) is 18.5 Å². The van der Waals surface area contributed by atoms with Crippen LogP contribution in [0.2, 0.25) is 0 Å². The van der Waals surface area contributed by atoms with Crippen LogP contribution < -0.4 is 5.32 Å². The minimum absolute atomic E-state index is 0.108. The second-order valence-electron chi connectivity index (χ2n) is 4.77. The van der Waals surface area contributed by atoms with Crippen LogP contribution in [0.3, 0.4) is 0 Å². The molecule has 10 heteroatoms. The summed E-state index contributed by atoms with van der Waals surface area (Å²) in [6.07, 6.45) is 6.10. The van der Waals surface area contributed by atoms with Gasteiger partial charge >= 0.3 is 95.1 Å². The topological polar surface area (TPSA) is 122 Å². The Morgan fingerprint density at radius 3 is 2.35 bits per heavy atom. The van der Waals surface area contributed by atoms with Gasteiger partial charge in [0, 0.05) is 6.92 Å². The van der Waals surface area contributed by atoms with E-state index < -0.39 is 24.4 Å². The number of hydrogen-bond acceptors (Lipinski definition) is 6. The molecule has 0 aromatic rings. The van der Waals surface area contributed by atoms with Crippen LogP contribution >= 0.6 is 11.6 Å². The van der Waals surface area contributed by atoms with Crippen molar-refractivity contribution in [1.82, 2.24) is 5.32 Å². The van der Waals surface area contributed by atoms with Crippen molar-refractivity contribution in [3.05, 3.63) is 24.3 Å². The van der Waals surface area contributed by atoms with Crippen LogP contribution in [0.5, 0.6) is 0 Å². The van der Waals surface area contributed by atoms with Gasteiger partial charge in [-0.2, -0.15) is 0 Å². The minimum Gasteiger partial charge on any atom is -0.462 e. The monoisotopic (exact) mass is 413 g/mol. The van der Waals surface area contributed by atoms with Crippen LogP contribution in [-0.2, 0) is 21.9 Å². The van der Waals surface area contributed by atoms with Gasteiger partial charge in [0.15, 0.2) is 0 Å². The summed E-state index contributed by atoms with van der Waals surface area (Å²) >= 11 is 0.302. The molecule has 1 aliphatic carbocycles. The predicted molar refractivity (Wildman–Crippen MR) is 83.8 cm³/mol. The van der Waals surface area contributed by atoms with E-state index in [0.717, 1.165) is 0 Å². The van der Waals surface area contributed by atoms with Gasteiger partial charge in [-0.3, -0.25) is 4.79 Å². The number of ether oxygens (including phenoxy) is 1. The average molecular weight is 414 g/mol. The number of nitrogens with one attached hydrogen (secondary N) is 1. The summed E-state index contributed by atoms with van der Waals surface area (Å²) in [5.41, 5.74) is 0. The first-order valence-corrected chi connectivity index (χ1v) is 10.5. The average Bonchev–Trinajstić information content (AvgIpc) is 2.47. The number of rotatable bonds is 5. The van der Waals surface area contributed by atoms with E-state index in [1.54, 1.807) is 19.1 Å². The third kappa shape index (κ3) is 7.37. The first kappa shape index (κ1) is 21.9. The maximum Gasteiger partial charge on any atom is 0.302 e. The molecule has 2 unspecified atom stereocenters. The summed E-state index contributed by atoms with van der Waals surface area (Å²) in [5, 5.41) is 10.8. The Labute approximate surface area is 142 Å². The molecule has 0 heterocycles. The number of allylic oxidation sites excluding steroid dienone is 2. The zero-order valence-electron chi connectivity index (χ0n) is 13.1. The first-order chi connectivity index (χ1) is 10.6. The van der Waals surface area contributed by atoms with E-state index >= 15 is 0 Å². The second kappa shape index (κ2) is 9.95. The predicted octanol–water partition coefficient (Wildman–Crippen LogP) is 0.945. The summed E-state index contributed by atoms with van der Waals surface area (Å²) in [6, 6.07) is 0. The summed E-state index contributed by atoms with van der Waals surface area (Å²) in [4.78, 5) is 21.1. The van der Waals surface area contributed by atoms with Crippen molar-refractivity contribution in [1.29, 1.82) is 0 Å². The number of amides is 1. The Morgan fingerprint density at radius 1 is 1.43 bits per heavy atom. The normalized spacial score (nSPS) is 23.0. The Hall–Kier alpha value is -1.05. The Kier molecular flexibility index (Phi) is 9.49. The van der Waals surface area contributed by atoms with E-state index in [1.165, 1.54) is 26.0 Å². The molecule has 8 nitrogen and oxygen atoms in total. The van der Waals surface area contributed by atoms with Crippen molar-refractivity contribution < 1.29 is 31.3 Å². The fraction of sp³-hybridized carbons (Fsp3) is 0.538. The van der Waals surface area contributed by atoms with Gasteiger partial charge in [0.2, 0.25) is 0 Å². The fourth-order valence-electron chi connectivity index (χ4n) is 1.67. The summed E-state index contributed by atoms with van der Waals surface area (Å²) in [6.45, 7) is 4.33. The van der Waals surface area contributed by atoms with E-state index in [1.807, 2.05) is 0 Å². The molecule has 0 fully saturated rings. The van der Waals surface area contributed by atoms with Gasteiger partial charge in [-0.25, -0.2) is 0 Å². The number of carbonyl (C=O) groups excluding carboxylic acids is 2. The third-order valence-electron chi connectivity index (χ3n) is 2.64. The van der Waals surface area contributed by atoms with Crippen LogP contribution in [0.25, 0.3) is 0 Å². The number of hydrogen-bond donors (Lipinski definition) is 3. The summed E-state index contributed by atoms with van der Waals surface area (Å²) < 4.78 is 27.9. The van der Waals surface area contributed by atoms with Crippen LogP contribution in [0.15, 0.2) is 24.3 Å². The van der Waals surface area contributed by atoms with Gasteiger partial charge in [-0.15, -0.1) is 11.6 Å². The van der Waals surface area contributed by atoms with Crippen molar-refractivity contribution in [3.8, 4) is 0 Å². The number of alkyl halides is 1. The molecule has 0 aromatic carbocycles. The zero-order valence-corrected chi connectivity index (χ0v) is 15.7. The van der Waals surface area contributed by atoms with E-state index in [0.29, 0.717) is 5.88 Å². The van der Waals surface area contributed by atoms with E-state index in [4.69, 9.17) is 16.9 Å². The molecule has 1 aliphatic rings. The maximum absolute atomic E-state index is 11.6. The molecular formula is C13H21AsClNO7.